The van der Waals surface area contributed by atoms with Crippen molar-refractivity contribution in [1.82, 2.24) is 30.1 Å². The molecular weight excluding hydrogens is 396 g/mol. The molecule has 0 radical (unpaired) electrons. The molecule has 1 spiro atoms. The Bertz CT molecular complexity index is 905. The van der Waals surface area contributed by atoms with Crippen molar-refractivity contribution in [2.75, 3.05) is 19.6 Å². The molecule has 1 fully saturated rings. The number of ether oxygens (including phenoxy) is 1. The normalized spacial score (nSPS) is 19.8. The topological polar surface area (TPSA) is 101 Å². The molecule has 1 atom stereocenters. The highest BCUT2D eigenvalue weighted by Gasteiger charge is 2.47. The summed E-state index contributed by atoms with van der Waals surface area (Å²) in [5, 5.41) is 5.92. The highest BCUT2D eigenvalue weighted by Crippen LogP contribution is 2.40. The van der Waals surface area contributed by atoms with Crippen LogP contribution >= 0.6 is 0 Å². The number of imidazole rings is 1. The van der Waals surface area contributed by atoms with Crippen LogP contribution in [0.4, 0.5) is 4.79 Å². The number of pyridine rings is 1. The van der Waals surface area contributed by atoms with Gasteiger partial charge in [-0.2, -0.15) is 0 Å². The lowest BCUT2D eigenvalue weighted by Crippen LogP contribution is -2.56. The van der Waals surface area contributed by atoms with E-state index < -0.39 is 11.7 Å². The van der Waals surface area contributed by atoms with Gasteiger partial charge < -0.3 is 24.8 Å². The maximum atomic E-state index is 12.9. The van der Waals surface area contributed by atoms with Gasteiger partial charge >= 0.3 is 6.03 Å². The third-order valence-corrected chi connectivity index (χ3v) is 5.82. The Morgan fingerprint density at radius 2 is 2.03 bits per heavy atom. The first-order valence-corrected chi connectivity index (χ1v) is 10.9. The SMILES string of the molecule is CC(C)NC(=O)N1CCC2(CC1)OC(C(=O)NCCc1ccccn1)Cn1ccnc12. The average Bonchev–Trinajstić information content (AvgIpc) is 3.24. The number of carbonyl (C=O) groups excluding carboxylic acids is 2. The van der Waals surface area contributed by atoms with E-state index in [9.17, 15) is 9.59 Å². The molecule has 0 saturated carbocycles. The van der Waals surface area contributed by atoms with Crippen LogP contribution in [0.5, 0.6) is 0 Å². The fourth-order valence-corrected chi connectivity index (χ4v) is 4.26. The van der Waals surface area contributed by atoms with E-state index in [1.165, 1.54) is 0 Å². The zero-order valence-electron chi connectivity index (χ0n) is 18.1. The van der Waals surface area contributed by atoms with Crippen LogP contribution in [-0.2, 0) is 28.1 Å². The number of aromatic nitrogens is 3. The summed E-state index contributed by atoms with van der Waals surface area (Å²) < 4.78 is 8.41. The van der Waals surface area contributed by atoms with Crippen LogP contribution < -0.4 is 10.6 Å². The van der Waals surface area contributed by atoms with E-state index in [1.54, 1.807) is 17.3 Å². The highest BCUT2D eigenvalue weighted by atomic mass is 16.5. The second-order valence-corrected chi connectivity index (χ2v) is 8.46. The van der Waals surface area contributed by atoms with E-state index in [2.05, 4.69) is 20.6 Å². The largest absolute Gasteiger partial charge is 0.353 e. The summed E-state index contributed by atoms with van der Waals surface area (Å²) >= 11 is 0. The molecular formula is C22H30N6O3. The zero-order chi connectivity index (χ0) is 21.8. The first-order chi connectivity index (χ1) is 15.0. The van der Waals surface area contributed by atoms with E-state index in [4.69, 9.17) is 4.74 Å². The Kier molecular flexibility index (Phi) is 6.22. The summed E-state index contributed by atoms with van der Waals surface area (Å²) in [5.74, 6) is 0.712. The fourth-order valence-electron chi connectivity index (χ4n) is 4.26. The molecule has 2 aliphatic heterocycles. The maximum absolute atomic E-state index is 12.9. The van der Waals surface area contributed by atoms with Crippen molar-refractivity contribution in [3.05, 3.63) is 48.3 Å². The molecule has 9 heteroatoms. The summed E-state index contributed by atoms with van der Waals surface area (Å²) in [6.45, 7) is 5.94. The summed E-state index contributed by atoms with van der Waals surface area (Å²) in [6, 6.07) is 5.78. The van der Waals surface area contributed by atoms with Crippen molar-refractivity contribution in [2.24, 2.45) is 0 Å². The van der Waals surface area contributed by atoms with Crippen molar-refractivity contribution >= 4 is 11.9 Å². The molecule has 1 unspecified atom stereocenters. The van der Waals surface area contributed by atoms with Crippen LogP contribution in [-0.4, -0.2) is 63.2 Å². The number of urea groups is 1. The summed E-state index contributed by atoms with van der Waals surface area (Å²) in [7, 11) is 0. The van der Waals surface area contributed by atoms with Crippen LogP contribution in [0.3, 0.4) is 0 Å². The van der Waals surface area contributed by atoms with Gasteiger partial charge in [-0.3, -0.25) is 9.78 Å². The Morgan fingerprint density at radius 3 is 2.74 bits per heavy atom. The number of fused-ring (bicyclic) bond motifs is 2. The molecule has 31 heavy (non-hydrogen) atoms. The summed E-state index contributed by atoms with van der Waals surface area (Å²) in [5.41, 5.74) is 0.284. The molecule has 2 aromatic heterocycles. The molecule has 1 saturated heterocycles. The Balaban J connectivity index is 1.39. The van der Waals surface area contributed by atoms with Gasteiger partial charge in [0, 0.05) is 69.2 Å². The molecule has 2 N–H and O–H groups in total. The van der Waals surface area contributed by atoms with E-state index >= 15 is 0 Å². The first kappa shape index (κ1) is 21.3. The molecule has 2 aromatic rings. The third-order valence-electron chi connectivity index (χ3n) is 5.82. The number of amides is 3. The number of hydrogen-bond donors (Lipinski definition) is 2. The van der Waals surface area contributed by atoms with Crippen molar-refractivity contribution in [3.8, 4) is 0 Å². The van der Waals surface area contributed by atoms with Gasteiger partial charge in [0.1, 0.15) is 11.4 Å². The van der Waals surface area contributed by atoms with Crippen LogP contribution in [0, 0.1) is 0 Å². The zero-order valence-corrected chi connectivity index (χ0v) is 18.1. The molecule has 2 aliphatic rings. The van der Waals surface area contributed by atoms with Crippen molar-refractivity contribution in [1.29, 1.82) is 0 Å². The predicted molar refractivity (Wildman–Crippen MR) is 114 cm³/mol. The minimum Gasteiger partial charge on any atom is -0.353 e. The van der Waals surface area contributed by atoms with E-state index in [-0.39, 0.29) is 18.0 Å². The highest BCUT2D eigenvalue weighted by molar-refractivity contribution is 5.81. The van der Waals surface area contributed by atoms with Crippen LogP contribution in [0.1, 0.15) is 38.2 Å². The molecule has 4 rings (SSSR count). The van der Waals surface area contributed by atoms with Gasteiger partial charge in [-0.1, -0.05) is 6.07 Å². The number of likely N-dealkylation sites (tertiary alicyclic amines) is 1. The second-order valence-electron chi connectivity index (χ2n) is 8.46. The number of piperidine rings is 1. The van der Waals surface area contributed by atoms with Gasteiger partial charge in [0.2, 0.25) is 0 Å². The quantitative estimate of drug-likeness (QED) is 0.754. The molecule has 9 nitrogen and oxygen atoms in total. The monoisotopic (exact) mass is 426 g/mol. The van der Waals surface area contributed by atoms with Gasteiger partial charge in [0.15, 0.2) is 6.10 Å². The van der Waals surface area contributed by atoms with Gasteiger partial charge in [-0.15, -0.1) is 0 Å². The minimum absolute atomic E-state index is 0.0622. The second kappa shape index (κ2) is 9.05. The first-order valence-electron chi connectivity index (χ1n) is 10.9. The molecule has 0 aliphatic carbocycles. The van der Waals surface area contributed by atoms with Crippen molar-refractivity contribution in [3.63, 3.8) is 0 Å². The van der Waals surface area contributed by atoms with E-state index in [0.29, 0.717) is 45.4 Å². The van der Waals surface area contributed by atoms with E-state index in [0.717, 1.165) is 11.5 Å². The lowest BCUT2D eigenvalue weighted by Gasteiger charge is -2.45. The maximum Gasteiger partial charge on any atom is 0.317 e. The van der Waals surface area contributed by atoms with Gasteiger partial charge in [0.05, 0.1) is 6.54 Å². The molecule has 4 heterocycles. The van der Waals surface area contributed by atoms with Crippen molar-refractivity contribution < 1.29 is 14.3 Å². The number of rotatable bonds is 5. The average molecular weight is 427 g/mol. The summed E-state index contributed by atoms with van der Waals surface area (Å²) in [6.07, 6.45) is 6.67. The van der Waals surface area contributed by atoms with Gasteiger partial charge in [-0.25, -0.2) is 9.78 Å². The Hall–Kier alpha value is -2.94. The van der Waals surface area contributed by atoms with Gasteiger partial charge in [0.25, 0.3) is 5.91 Å². The number of nitrogens with one attached hydrogen (secondary N) is 2. The lowest BCUT2D eigenvalue weighted by atomic mass is 9.88. The molecule has 0 bridgehead atoms. The number of hydrogen-bond acceptors (Lipinski definition) is 5. The predicted octanol–water partition coefficient (Wildman–Crippen LogP) is 1.44. The summed E-state index contributed by atoms with van der Waals surface area (Å²) in [4.78, 5) is 35.9. The van der Waals surface area contributed by atoms with Crippen LogP contribution in [0.15, 0.2) is 36.8 Å². The molecule has 3 amide bonds. The Morgan fingerprint density at radius 1 is 1.23 bits per heavy atom. The fraction of sp³-hybridized carbons (Fsp3) is 0.545. The van der Waals surface area contributed by atoms with Crippen LogP contribution in [0.25, 0.3) is 0 Å². The molecule has 166 valence electrons. The number of carbonyl (C=O) groups is 2. The van der Waals surface area contributed by atoms with Crippen molar-refractivity contribution in [2.45, 2.75) is 57.4 Å². The van der Waals surface area contributed by atoms with E-state index in [1.807, 2.05) is 42.8 Å². The molecule has 0 aromatic carbocycles. The van der Waals surface area contributed by atoms with Crippen LogP contribution in [0.2, 0.25) is 0 Å². The smallest absolute Gasteiger partial charge is 0.317 e. The number of nitrogens with zero attached hydrogens (tertiary/aromatic N) is 4. The minimum atomic E-state index is -0.653. The standard InChI is InChI=1S/C22H30N6O3/c1-16(2)26-21(30)27-12-7-22(8-13-27)20-25-11-14-28(20)15-18(31-22)19(29)24-10-6-17-5-3-4-9-23-17/h3-5,9,11,14,16,18H,6-8,10,12-13,15H2,1-2H3,(H,24,29)(H,26,30). The lowest BCUT2D eigenvalue weighted by molar-refractivity contribution is -0.171. The van der Waals surface area contributed by atoms with Gasteiger partial charge in [-0.05, 0) is 26.0 Å². The third kappa shape index (κ3) is 4.71. The Labute approximate surface area is 182 Å².